The van der Waals surface area contributed by atoms with Gasteiger partial charge in [-0.25, -0.2) is 0 Å². The standard InChI is InChI=1S/C25H37N3O2/c1-6-8-15-26(22(5)29)19-25(30)28(21(4)7-2)18-24-14-11-16-27(24)17-23-13-10-9-12-20(23)3/h9-14,16,21H,6-8,15,17-19H2,1-5H3. The van der Waals surface area contributed by atoms with Crippen LogP contribution in [0.25, 0.3) is 0 Å². The van der Waals surface area contributed by atoms with Crippen molar-refractivity contribution in [1.82, 2.24) is 14.4 Å². The zero-order chi connectivity index (χ0) is 22.1. The van der Waals surface area contributed by atoms with Gasteiger partial charge in [0, 0.05) is 37.9 Å². The molecule has 30 heavy (non-hydrogen) atoms. The van der Waals surface area contributed by atoms with E-state index in [0.717, 1.165) is 31.5 Å². The number of unbranched alkanes of at least 4 members (excludes halogenated alkanes) is 1. The summed E-state index contributed by atoms with van der Waals surface area (Å²) in [5, 5.41) is 0. The van der Waals surface area contributed by atoms with Crippen LogP contribution in [-0.2, 0) is 22.7 Å². The molecule has 2 amide bonds. The van der Waals surface area contributed by atoms with E-state index in [1.807, 2.05) is 11.0 Å². The number of amides is 2. The van der Waals surface area contributed by atoms with Gasteiger partial charge in [-0.1, -0.05) is 44.5 Å². The van der Waals surface area contributed by atoms with Crippen LogP contribution >= 0.6 is 0 Å². The summed E-state index contributed by atoms with van der Waals surface area (Å²) in [6.07, 6.45) is 4.86. The fraction of sp³-hybridized carbons (Fsp3) is 0.520. The molecule has 5 nitrogen and oxygen atoms in total. The minimum absolute atomic E-state index is 0.0132. The van der Waals surface area contributed by atoms with Gasteiger partial charge in [-0.15, -0.1) is 0 Å². The Kier molecular flexibility index (Phi) is 9.15. The molecule has 0 aliphatic rings. The van der Waals surface area contributed by atoms with Crippen molar-refractivity contribution < 1.29 is 9.59 Å². The monoisotopic (exact) mass is 411 g/mol. The van der Waals surface area contributed by atoms with Crippen molar-refractivity contribution in [1.29, 1.82) is 0 Å². The first-order valence-corrected chi connectivity index (χ1v) is 11.1. The lowest BCUT2D eigenvalue weighted by molar-refractivity contribution is -0.141. The molecule has 1 aromatic carbocycles. The number of rotatable bonds is 11. The number of carbonyl (C=O) groups is 2. The third-order valence-corrected chi connectivity index (χ3v) is 5.85. The molecule has 0 bridgehead atoms. The second-order valence-corrected chi connectivity index (χ2v) is 8.13. The van der Waals surface area contributed by atoms with E-state index < -0.39 is 0 Å². The predicted octanol–water partition coefficient (Wildman–Crippen LogP) is 4.62. The van der Waals surface area contributed by atoms with Crippen LogP contribution in [0.3, 0.4) is 0 Å². The highest BCUT2D eigenvalue weighted by molar-refractivity contribution is 5.84. The fourth-order valence-corrected chi connectivity index (χ4v) is 3.55. The zero-order valence-electron chi connectivity index (χ0n) is 19.2. The topological polar surface area (TPSA) is 45.6 Å². The molecule has 1 aromatic heterocycles. The Balaban J connectivity index is 2.17. The molecule has 1 atom stereocenters. The summed E-state index contributed by atoms with van der Waals surface area (Å²) >= 11 is 0. The van der Waals surface area contributed by atoms with Crippen LogP contribution in [0.2, 0.25) is 0 Å². The number of hydrogen-bond donors (Lipinski definition) is 0. The molecule has 0 aliphatic carbocycles. The van der Waals surface area contributed by atoms with Gasteiger partial charge in [0.05, 0.1) is 13.1 Å². The Morgan fingerprint density at radius 3 is 2.47 bits per heavy atom. The quantitative estimate of drug-likeness (QED) is 0.542. The van der Waals surface area contributed by atoms with Crippen molar-refractivity contribution in [2.45, 2.75) is 73.0 Å². The Morgan fingerprint density at radius 1 is 1.10 bits per heavy atom. The van der Waals surface area contributed by atoms with Crippen LogP contribution in [0.1, 0.15) is 63.8 Å². The number of carbonyl (C=O) groups excluding carboxylic acids is 2. The molecule has 0 spiro atoms. The van der Waals surface area contributed by atoms with E-state index in [9.17, 15) is 9.59 Å². The molecule has 2 aromatic rings. The minimum Gasteiger partial charge on any atom is -0.345 e. The maximum Gasteiger partial charge on any atom is 0.242 e. The maximum atomic E-state index is 13.2. The van der Waals surface area contributed by atoms with Crippen molar-refractivity contribution in [3.63, 3.8) is 0 Å². The summed E-state index contributed by atoms with van der Waals surface area (Å²) < 4.78 is 2.21. The van der Waals surface area contributed by atoms with Gasteiger partial charge >= 0.3 is 0 Å². The molecule has 1 unspecified atom stereocenters. The first-order valence-electron chi connectivity index (χ1n) is 11.1. The molecule has 0 fully saturated rings. The Labute approximate surface area is 181 Å². The Hall–Kier alpha value is -2.56. The van der Waals surface area contributed by atoms with E-state index in [1.54, 1.807) is 11.8 Å². The second kappa shape index (κ2) is 11.6. The van der Waals surface area contributed by atoms with Crippen LogP contribution in [-0.4, -0.2) is 45.3 Å². The molecule has 164 valence electrons. The summed E-state index contributed by atoms with van der Waals surface area (Å²) in [4.78, 5) is 28.8. The van der Waals surface area contributed by atoms with Crippen molar-refractivity contribution >= 4 is 11.8 Å². The predicted molar refractivity (Wildman–Crippen MR) is 122 cm³/mol. The van der Waals surface area contributed by atoms with Gasteiger partial charge in [0.15, 0.2) is 0 Å². The first-order chi connectivity index (χ1) is 14.4. The van der Waals surface area contributed by atoms with E-state index in [4.69, 9.17) is 0 Å². The number of benzene rings is 1. The SMILES string of the molecule is CCCCN(CC(=O)N(Cc1cccn1Cc1ccccc1C)C(C)CC)C(C)=O. The van der Waals surface area contributed by atoms with Gasteiger partial charge in [-0.05, 0) is 49.9 Å². The lowest BCUT2D eigenvalue weighted by Gasteiger charge is -2.31. The van der Waals surface area contributed by atoms with Crippen LogP contribution in [0, 0.1) is 6.92 Å². The van der Waals surface area contributed by atoms with Crippen molar-refractivity contribution in [3.8, 4) is 0 Å². The van der Waals surface area contributed by atoms with E-state index in [1.165, 1.54) is 11.1 Å². The smallest absolute Gasteiger partial charge is 0.242 e. The van der Waals surface area contributed by atoms with Crippen molar-refractivity contribution in [2.24, 2.45) is 0 Å². The van der Waals surface area contributed by atoms with Gasteiger partial charge in [-0.3, -0.25) is 9.59 Å². The number of aryl methyl sites for hydroxylation is 1. The highest BCUT2D eigenvalue weighted by Crippen LogP contribution is 2.16. The van der Waals surface area contributed by atoms with Crippen LogP contribution in [0.5, 0.6) is 0 Å². The average molecular weight is 412 g/mol. The Bertz CT molecular complexity index is 827. The minimum atomic E-state index is -0.0381. The molecular formula is C25H37N3O2. The molecule has 0 saturated heterocycles. The summed E-state index contributed by atoms with van der Waals surface area (Å²) in [6.45, 7) is 12.1. The average Bonchev–Trinajstić information content (AvgIpc) is 3.16. The van der Waals surface area contributed by atoms with E-state index >= 15 is 0 Å². The van der Waals surface area contributed by atoms with Gasteiger partial charge in [0.1, 0.15) is 0 Å². The van der Waals surface area contributed by atoms with Gasteiger partial charge in [-0.2, -0.15) is 0 Å². The van der Waals surface area contributed by atoms with Crippen molar-refractivity contribution in [3.05, 3.63) is 59.4 Å². The third-order valence-electron chi connectivity index (χ3n) is 5.85. The highest BCUT2D eigenvalue weighted by atomic mass is 16.2. The maximum absolute atomic E-state index is 13.2. The molecule has 5 heteroatoms. The second-order valence-electron chi connectivity index (χ2n) is 8.13. The normalized spacial score (nSPS) is 11.9. The van der Waals surface area contributed by atoms with E-state index in [0.29, 0.717) is 13.1 Å². The van der Waals surface area contributed by atoms with Gasteiger partial charge < -0.3 is 14.4 Å². The molecular weight excluding hydrogens is 374 g/mol. The highest BCUT2D eigenvalue weighted by Gasteiger charge is 2.23. The first kappa shape index (κ1) is 23.7. The Morgan fingerprint density at radius 2 is 1.83 bits per heavy atom. The van der Waals surface area contributed by atoms with E-state index in [2.05, 4.69) is 68.8 Å². The zero-order valence-corrected chi connectivity index (χ0v) is 19.2. The fourth-order valence-electron chi connectivity index (χ4n) is 3.55. The molecule has 2 rings (SSSR count). The summed E-state index contributed by atoms with van der Waals surface area (Å²) in [6, 6.07) is 12.6. The largest absolute Gasteiger partial charge is 0.345 e. The number of aromatic nitrogens is 1. The van der Waals surface area contributed by atoms with E-state index in [-0.39, 0.29) is 24.4 Å². The molecule has 0 aliphatic heterocycles. The van der Waals surface area contributed by atoms with Crippen LogP contribution in [0.15, 0.2) is 42.6 Å². The number of nitrogens with zero attached hydrogens (tertiary/aromatic N) is 3. The molecule has 0 N–H and O–H groups in total. The summed E-state index contributed by atoms with van der Waals surface area (Å²) in [7, 11) is 0. The lowest BCUT2D eigenvalue weighted by Crippen LogP contribution is -2.45. The van der Waals surface area contributed by atoms with Crippen molar-refractivity contribution in [2.75, 3.05) is 13.1 Å². The van der Waals surface area contributed by atoms with Crippen LogP contribution in [0.4, 0.5) is 0 Å². The summed E-state index contributed by atoms with van der Waals surface area (Å²) in [5.74, 6) is -0.0249. The number of hydrogen-bond acceptors (Lipinski definition) is 2. The summed E-state index contributed by atoms with van der Waals surface area (Å²) in [5.41, 5.74) is 3.65. The molecule has 1 heterocycles. The van der Waals surface area contributed by atoms with Gasteiger partial charge in [0.25, 0.3) is 0 Å². The third kappa shape index (κ3) is 6.48. The van der Waals surface area contributed by atoms with Gasteiger partial charge in [0.2, 0.25) is 11.8 Å². The molecule has 0 saturated carbocycles. The van der Waals surface area contributed by atoms with Crippen LogP contribution < -0.4 is 0 Å². The molecule has 0 radical (unpaired) electrons. The lowest BCUT2D eigenvalue weighted by atomic mass is 10.1.